The van der Waals surface area contributed by atoms with Crippen LogP contribution in [0.5, 0.6) is 0 Å². The average molecular weight is 497 g/mol. The van der Waals surface area contributed by atoms with Gasteiger partial charge in [-0.15, -0.1) is 11.3 Å². The summed E-state index contributed by atoms with van der Waals surface area (Å²) in [4.78, 5) is 37.2. The van der Waals surface area contributed by atoms with Crippen molar-refractivity contribution in [1.82, 2.24) is 4.57 Å². The van der Waals surface area contributed by atoms with E-state index in [1.165, 1.54) is 28.8 Å². The number of nitrogens with zero attached hydrogens (tertiary/aromatic N) is 3. The van der Waals surface area contributed by atoms with E-state index in [9.17, 15) is 25.0 Å². The number of hydrogen-bond donors (Lipinski definition) is 1. The van der Waals surface area contributed by atoms with E-state index < -0.39 is 16.4 Å². The van der Waals surface area contributed by atoms with Gasteiger partial charge < -0.3 is 5.32 Å². The van der Waals surface area contributed by atoms with Gasteiger partial charge in [0, 0.05) is 17.8 Å². The Kier molecular flexibility index (Phi) is 6.90. The number of thiazole rings is 1. The number of nitriles is 1. The van der Waals surface area contributed by atoms with Crippen molar-refractivity contribution in [2.75, 3.05) is 5.32 Å². The molecular weight excluding hydrogens is 476 g/mol. The minimum atomic E-state index is -0.645. The van der Waals surface area contributed by atoms with E-state index in [-0.39, 0.29) is 20.5 Å². The Morgan fingerprint density at radius 1 is 1.06 bits per heavy atom. The highest BCUT2D eigenvalue weighted by Crippen LogP contribution is 2.16. The first kappa shape index (κ1) is 24.3. The number of non-ortho nitro benzene ring substituents is 1. The number of aryl methyl sites for hydroxylation is 2. The molecule has 1 aromatic heterocycles. The van der Waals surface area contributed by atoms with Gasteiger partial charge in [0.25, 0.3) is 17.2 Å². The monoisotopic (exact) mass is 496 g/mol. The fourth-order valence-corrected chi connectivity index (χ4v) is 4.65. The molecule has 0 unspecified atom stereocenters. The number of benzene rings is 3. The summed E-state index contributed by atoms with van der Waals surface area (Å²) in [5.41, 5.74) is 2.74. The first-order valence-corrected chi connectivity index (χ1v) is 11.7. The van der Waals surface area contributed by atoms with E-state index in [0.717, 1.165) is 22.5 Å². The summed E-state index contributed by atoms with van der Waals surface area (Å²) >= 11 is 0.972. The Morgan fingerprint density at radius 3 is 2.47 bits per heavy atom. The summed E-state index contributed by atoms with van der Waals surface area (Å²) in [6.45, 7) is 3.87. The third kappa shape index (κ3) is 4.99. The standard InChI is InChI=1S/C27H20N4O4S/c1-17-11-12-20(13-18(17)2)29-25(32)23(16-28)27-30(21-8-4-3-5-9-21)26(33)24(36-27)15-19-7-6-10-22(14-19)31(34)35/h3-15H,1-2H3,(H,29,32)/b24-15+,27-23-. The summed E-state index contributed by atoms with van der Waals surface area (Å²) in [7, 11) is 0. The number of aromatic nitrogens is 1. The molecule has 0 aliphatic rings. The molecule has 9 heteroatoms. The molecule has 1 N–H and O–H groups in total. The Bertz CT molecular complexity index is 1710. The Labute approximate surface area is 209 Å². The molecule has 0 spiro atoms. The second-order valence-corrected chi connectivity index (χ2v) is 9.01. The molecular formula is C27H20N4O4S. The van der Waals surface area contributed by atoms with E-state index in [1.54, 1.807) is 42.5 Å². The van der Waals surface area contributed by atoms with Gasteiger partial charge >= 0.3 is 0 Å². The van der Waals surface area contributed by atoms with Crippen LogP contribution in [0, 0.1) is 35.3 Å². The van der Waals surface area contributed by atoms with Gasteiger partial charge in [0.15, 0.2) is 5.57 Å². The van der Waals surface area contributed by atoms with Crippen LogP contribution < -0.4 is 20.1 Å². The maximum atomic E-state index is 13.5. The van der Waals surface area contributed by atoms with Crippen LogP contribution in [0.15, 0.2) is 77.6 Å². The van der Waals surface area contributed by atoms with Gasteiger partial charge in [-0.25, -0.2) is 0 Å². The molecule has 178 valence electrons. The summed E-state index contributed by atoms with van der Waals surface area (Å²) in [6, 6.07) is 21.9. The SMILES string of the molecule is Cc1ccc(NC(=O)/C(C#N)=c2\s/c(=C/c3cccc([N+](=O)[O-])c3)c(=O)n2-c2ccccc2)cc1C. The molecule has 0 fully saturated rings. The molecule has 1 heterocycles. The van der Waals surface area contributed by atoms with Crippen molar-refractivity contribution in [3.8, 4) is 11.8 Å². The molecule has 0 aliphatic carbocycles. The molecule has 0 radical (unpaired) electrons. The van der Waals surface area contributed by atoms with Crippen LogP contribution in [0.2, 0.25) is 0 Å². The summed E-state index contributed by atoms with van der Waals surface area (Å²) in [5.74, 6) is -0.645. The predicted octanol–water partition coefficient (Wildman–Crippen LogP) is 3.57. The Morgan fingerprint density at radius 2 is 1.81 bits per heavy atom. The summed E-state index contributed by atoms with van der Waals surface area (Å²) in [6.07, 6.45) is 1.51. The van der Waals surface area contributed by atoms with Crippen LogP contribution in [0.4, 0.5) is 11.4 Å². The number of para-hydroxylation sites is 1. The normalized spacial score (nSPS) is 12.1. The molecule has 0 saturated carbocycles. The van der Waals surface area contributed by atoms with Gasteiger partial charge in [0.05, 0.1) is 15.1 Å². The van der Waals surface area contributed by atoms with Gasteiger partial charge in [0.2, 0.25) is 0 Å². The summed E-state index contributed by atoms with van der Waals surface area (Å²) in [5, 5.41) is 23.8. The predicted molar refractivity (Wildman–Crippen MR) is 139 cm³/mol. The smallest absolute Gasteiger partial charge is 0.273 e. The quantitative estimate of drug-likeness (QED) is 0.335. The van der Waals surface area contributed by atoms with Crippen molar-refractivity contribution in [3.63, 3.8) is 0 Å². The van der Waals surface area contributed by atoms with E-state index >= 15 is 0 Å². The zero-order valence-corrected chi connectivity index (χ0v) is 20.2. The second-order valence-electron chi connectivity index (χ2n) is 7.98. The Balaban J connectivity index is 1.94. The number of amides is 1. The highest BCUT2D eigenvalue weighted by atomic mass is 32.1. The molecule has 8 nitrogen and oxygen atoms in total. The second kappa shape index (κ2) is 10.2. The van der Waals surface area contributed by atoms with E-state index in [2.05, 4.69) is 5.32 Å². The van der Waals surface area contributed by atoms with Gasteiger partial charge in [0.1, 0.15) is 10.7 Å². The number of anilines is 1. The Hall–Kier alpha value is -4.81. The number of carbonyl (C=O) groups is 1. The number of hydrogen-bond acceptors (Lipinski definition) is 6. The highest BCUT2D eigenvalue weighted by molar-refractivity contribution is 7.07. The average Bonchev–Trinajstić information content (AvgIpc) is 3.17. The van der Waals surface area contributed by atoms with E-state index in [0.29, 0.717) is 16.9 Å². The van der Waals surface area contributed by atoms with Crippen molar-refractivity contribution in [2.45, 2.75) is 13.8 Å². The molecule has 0 bridgehead atoms. The lowest BCUT2D eigenvalue weighted by Crippen LogP contribution is -2.32. The maximum absolute atomic E-state index is 13.5. The zero-order valence-electron chi connectivity index (χ0n) is 19.4. The largest absolute Gasteiger partial charge is 0.321 e. The van der Waals surface area contributed by atoms with Crippen LogP contribution in [0.25, 0.3) is 17.3 Å². The lowest BCUT2D eigenvalue weighted by molar-refractivity contribution is -0.384. The van der Waals surface area contributed by atoms with Crippen LogP contribution in [0.1, 0.15) is 16.7 Å². The molecule has 36 heavy (non-hydrogen) atoms. The minimum Gasteiger partial charge on any atom is -0.321 e. The molecule has 3 aromatic carbocycles. The zero-order chi connectivity index (χ0) is 25.8. The topological polar surface area (TPSA) is 118 Å². The van der Waals surface area contributed by atoms with Gasteiger partial charge in [-0.05, 0) is 60.9 Å². The fraction of sp³-hybridized carbons (Fsp3) is 0.0741. The molecule has 4 aromatic rings. The molecule has 1 amide bonds. The van der Waals surface area contributed by atoms with Crippen molar-refractivity contribution >= 4 is 40.3 Å². The number of rotatable bonds is 5. The fourth-order valence-electron chi connectivity index (χ4n) is 3.55. The van der Waals surface area contributed by atoms with Crippen LogP contribution in [-0.4, -0.2) is 15.4 Å². The molecule has 0 aliphatic heterocycles. The molecule has 0 saturated heterocycles. The highest BCUT2D eigenvalue weighted by Gasteiger charge is 2.17. The van der Waals surface area contributed by atoms with Gasteiger partial charge in [-0.3, -0.25) is 24.3 Å². The van der Waals surface area contributed by atoms with Gasteiger partial charge in [-0.1, -0.05) is 36.4 Å². The summed E-state index contributed by atoms with van der Waals surface area (Å²) < 4.78 is 1.69. The number of nitro groups is 1. The lowest BCUT2D eigenvalue weighted by Gasteiger charge is -2.07. The lowest BCUT2D eigenvalue weighted by atomic mass is 10.1. The van der Waals surface area contributed by atoms with Crippen molar-refractivity contribution < 1.29 is 9.72 Å². The van der Waals surface area contributed by atoms with Crippen molar-refractivity contribution in [2.24, 2.45) is 0 Å². The first-order chi connectivity index (χ1) is 17.3. The van der Waals surface area contributed by atoms with Crippen molar-refractivity contribution in [3.05, 3.63) is 119 Å². The van der Waals surface area contributed by atoms with Crippen LogP contribution in [0.3, 0.4) is 0 Å². The van der Waals surface area contributed by atoms with Crippen LogP contribution in [-0.2, 0) is 4.79 Å². The third-order valence-corrected chi connectivity index (χ3v) is 6.63. The first-order valence-electron chi connectivity index (χ1n) is 10.8. The van der Waals surface area contributed by atoms with Crippen molar-refractivity contribution in [1.29, 1.82) is 5.26 Å². The molecule has 4 rings (SSSR count). The van der Waals surface area contributed by atoms with Crippen LogP contribution >= 0.6 is 11.3 Å². The molecule has 0 atom stereocenters. The van der Waals surface area contributed by atoms with Gasteiger partial charge in [-0.2, -0.15) is 5.26 Å². The number of nitrogens with one attached hydrogen (secondary N) is 1. The number of nitro benzene ring substituents is 1. The number of carbonyl (C=O) groups excluding carboxylic acids is 1. The van der Waals surface area contributed by atoms with E-state index in [4.69, 9.17) is 0 Å². The maximum Gasteiger partial charge on any atom is 0.273 e. The third-order valence-electron chi connectivity index (χ3n) is 5.53. The minimum absolute atomic E-state index is 0.110. The van der Waals surface area contributed by atoms with E-state index in [1.807, 2.05) is 32.0 Å².